The molecule has 1 heterocycles. The molecule has 0 saturated heterocycles. The second-order valence-electron chi connectivity index (χ2n) is 5.24. The summed E-state index contributed by atoms with van der Waals surface area (Å²) in [5.41, 5.74) is 1.04. The number of hydrogen-bond acceptors (Lipinski definition) is 3. The summed E-state index contributed by atoms with van der Waals surface area (Å²) >= 11 is 6.16. The van der Waals surface area contributed by atoms with Crippen molar-refractivity contribution in [2.24, 2.45) is 5.92 Å². The molecule has 2 rings (SSSR count). The molecule has 1 fully saturated rings. The first-order chi connectivity index (χ1) is 8.09. The Hall–Kier alpha value is -0.830. The lowest BCUT2D eigenvalue weighted by atomic mass is 10.0. The van der Waals surface area contributed by atoms with Gasteiger partial charge in [0, 0.05) is 11.6 Å². The van der Waals surface area contributed by atoms with Crippen molar-refractivity contribution in [2.45, 2.75) is 52.0 Å². The zero-order chi connectivity index (χ0) is 12.4. The van der Waals surface area contributed by atoms with Gasteiger partial charge in [-0.2, -0.15) is 0 Å². The Bertz CT molecular complexity index is 392. The van der Waals surface area contributed by atoms with Crippen LogP contribution in [0.2, 0.25) is 5.15 Å². The summed E-state index contributed by atoms with van der Waals surface area (Å²) in [6.07, 6.45) is 5.36. The maximum atomic E-state index is 6.16. The molecule has 3 nitrogen and oxygen atoms in total. The van der Waals surface area contributed by atoms with Gasteiger partial charge in [-0.05, 0) is 24.7 Å². The summed E-state index contributed by atoms with van der Waals surface area (Å²) in [4.78, 5) is 8.42. The van der Waals surface area contributed by atoms with Crippen LogP contribution in [0.1, 0.15) is 51.5 Å². The van der Waals surface area contributed by atoms with Crippen molar-refractivity contribution in [2.75, 3.05) is 5.32 Å². The quantitative estimate of drug-likeness (QED) is 0.832. The molecule has 2 unspecified atom stereocenters. The molecule has 0 amide bonds. The molecule has 0 bridgehead atoms. The molecular formula is C13H20ClN3. The highest BCUT2D eigenvalue weighted by Gasteiger charge is 2.25. The monoisotopic (exact) mass is 253 g/mol. The van der Waals surface area contributed by atoms with E-state index < -0.39 is 0 Å². The fourth-order valence-corrected chi connectivity index (χ4v) is 2.89. The lowest BCUT2D eigenvalue weighted by molar-refractivity contribution is 0.553. The van der Waals surface area contributed by atoms with Crippen molar-refractivity contribution in [3.05, 3.63) is 17.0 Å². The number of nitrogens with one attached hydrogen (secondary N) is 1. The van der Waals surface area contributed by atoms with E-state index in [0.717, 1.165) is 11.4 Å². The molecule has 0 spiro atoms. The Morgan fingerprint density at radius 3 is 2.71 bits per heavy atom. The third-order valence-corrected chi connectivity index (χ3v) is 3.90. The molecule has 1 aliphatic carbocycles. The third-order valence-electron chi connectivity index (χ3n) is 3.60. The topological polar surface area (TPSA) is 37.8 Å². The standard InChI is InChI=1S/C13H20ClN3/c1-8(2)11-12(14)15-7-16-13(11)17-10-6-4-5-9(10)3/h7-10H,4-6H2,1-3H3,(H,15,16,17). The van der Waals surface area contributed by atoms with Gasteiger partial charge < -0.3 is 5.32 Å². The minimum atomic E-state index is 0.336. The van der Waals surface area contributed by atoms with E-state index >= 15 is 0 Å². The molecule has 4 heteroatoms. The van der Waals surface area contributed by atoms with Gasteiger partial charge >= 0.3 is 0 Å². The van der Waals surface area contributed by atoms with E-state index in [-0.39, 0.29) is 0 Å². The molecule has 17 heavy (non-hydrogen) atoms. The maximum Gasteiger partial charge on any atom is 0.138 e. The highest BCUT2D eigenvalue weighted by Crippen LogP contribution is 2.32. The normalized spacial score (nSPS) is 24.3. The van der Waals surface area contributed by atoms with Crippen molar-refractivity contribution in [3.8, 4) is 0 Å². The van der Waals surface area contributed by atoms with E-state index in [1.807, 2.05) is 0 Å². The van der Waals surface area contributed by atoms with Crippen LogP contribution in [-0.4, -0.2) is 16.0 Å². The zero-order valence-corrected chi connectivity index (χ0v) is 11.5. The zero-order valence-electron chi connectivity index (χ0n) is 10.7. The number of hydrogen-bond donors (Lipinski definition) is 1. The number of anilines is 1. The number of aromatic nitrogens is 2. The third kappa shape index (κ3) is 2.71. The first-order valence-electron chi connectivity index (χ1n) is 6.36. The molecule has 0 radical (unpaired) electrons. The summed E-state index contributed by atoms with van der Waals surface area (Å²) in [7, 11) is 0. The summed E-state index contributed by atoms with van der Waals surface area (Å²) in [6, 6.07) is 0.526. The van der Waals surface area contributed by atoms with E-state index in [9.17, 15) is 0 Å². The smallest absolute Gasteiger partial charge is 0.138 e. The number of nitrogens with zero attached hydrogens (tertiary/aromatic N) is 2. The van der Waals surface area contributed by atoms with Crippen molar-refractivity contribution in [1.29, 1.82) is 0 Å². The Morgan fingerprint density at radius 1 is 1.35 bits per heavy atom. The molecule has 1 saturated carbocycles. The molecule has 2 atom stereocenters. The predicted molar refractivity (Wildman–Crippen MR) is 71.6 cm³/mol. The summed E-state index contributed by atoms with van der Waals surface area (Å²) in [5.74, 6) is 1.96. The van der Waals surface area contributed by atoms with Gasteiger partial charge in [0.1, 0.15) is 17.3 Å². The van der Waals surface area contributed by atoms with Crippen LogP contribution in [0.5, 0.6) is 0 Å². The Labute approximate surface area is 108 Å². The molecule has 1 aliphatic rings. The van der Waals surface area contributed by atoms with Crippen LogP contribution < -0.4 is 5.32 Å². The first kappa shape index (κ1) is 12.6. The summed E-state index contributed by atoms with van der Waals surface area (Å²) in [5, 5.41) is 4.12. The predicted octanol–water partition coefficient (Wildman–Crippen LogP) is 3.85. The molecule has 0 aromatic carbocycles. The van der Waals surface area contributed by atoms with E-state index in [0.29, 0.717) is 23.0 Å². The fraction of sp³-hybridized carbons (Fsp3) is 0.692. The molecule has 1 aromatic heterocycles. The highest BCUT2D eigenvalue weighted by molar-refractivity contribution is 6.30. The minimum absolute atomic E-state index is 0.336. The largest absolute Gasteiger partial charge is 0.367 e. The van der Waals surface area contributed by atoms with Crippen LogP contribution in [0.4, 0.5) is 5.82 Å². The lowest BCUT2D eigenvalue weighted by Gasteiger charge is -2.21. The maximum absolute atomic E-state index is 6.16. The van der Waals surface area contributed by atoms with E-state index in [4.69, 9.17) is 11.6 Å². The molecule has 1 N–H and O–H groups in total. The van der Waals surface area contributed by atoms with Crippen LogP contribution in [-0.2, 0) is 0 Å². The Balaban J connectivity index is 2.23. The van der Waals surface area contributed by atoms with Crippen LogP contribution in [0.15, 0.2) is 6.33 Å². The second kappa shape index (κ2) is 5.21. The highest BCUT2D eigenvalue weighted by atomic mass is 35.5. The van der Waals surface area contributed by atoms with Crippen molar-refractivity contribution >= 4 is 17.4 Å². The average molecular weight is 254 g/mol. The van der Waals surface area contributed by atoms with Gasteiger partial charge in [-0.25, -0.2) is 9.97 Å². The Kier molecular flexibility index (Phi) is 3.87. The van der Waals surface area contributed by atoms with Crippen LogP contribution in [0, 0.1) is 5.92 Å². The molecule has 0 aliphatic heterocycles. The van der Waals surface area contributed by atoms with Gasteiger partial charge in [0.25, 0.3) is 0 Å². The first-order valence-corrected chi connectivity index (χ1v) is 6.74. The molecule has 1 aromatic rings. The SMILES string of the molecule is CC(C)c1c(Cl)ncnc1NC1CCCC1C. The van der Waals surface area contributed by atoms with Gasteiger partial charge in [0.15, 0.2) is 0 Å². The van der Waals surface area contributed by atoms with Gasteiger partial charge in [-0.3, -0.25) is 0 Å². The fourth-order valence-electron chi connectivity index (χ4n) is 2.54. The molecule has 94 valence electrons. The minimum Gasteiger partial charge on any atom is -0.367 e. The van der Waals surface area contributed by atoms with E-state index in [2.05, 4.69) is 36.1 Å². The number of halogens is 1. The van der Waals surface area contributed by atoms with Gasteiger partial charge in [-0.1, -0.05) is 38.8 Å². The van der Waals surface area contributed by atoms with E-state index in [1.54, 1.807) is 0 Å². The lowest BCUT2D eigenvalue weighted by Crippen LogP contribution is -2.23. The van der Waals surface area contributed by atoms with Crippen LogP contribution >= 0.6 is 11.6 Å². The summed E-state index contributed by atoms with van der Waals surface area (Å²) < 4.78 is 0. The van der Waals surface area contributed by atoms with Crippen molar-refractivity contribution in [3.63, 3.8) is 0 Å². The molecular weight excluding hydrogens is 234 g/mol. The number of rotatable bonds is 3. The van der Waals surface area contributed by atoms with Crippen LogP contribution in [0.3, 0.4) is 0 Å². The second-order valence-corrected chi connectivity index (χ2v) is 5.60. The van der Waals surface area contributed by atoms with Crippen molar-refractivity contribution < 1.29 is 0 Å². The van der Waals surface area contributed by atoms with Crippen LogP contribution in [0.25, 0.3) is 0 Å². The van der Waals surface area contributed by atoms with Gasteiger partial charge in [0.2, 0.25) is 0 Å². The van der Waals surface area contributed by atoms with E-state index in [1.165, 1.54) is 25.6 Å². The average Bonchev–Trinajstić information content (AvgIpc) is 2.64. The van der Waals surface area contributed by atoms with Gasteiger partial charge in [0.05, 0.1) is 0 Å². The Morgan fingerprint density at radius 2 is 2.12 bits per heavy atom. The van der Waals surface area contributed by atoms with Gasteiger partial charge in [-0.15, -0.1) is 0 Å². The van der Waals surface area contributed by atoms with Crippen molar-refractivity contribution in [1.82, 2.24) is 9.97 Å². The summed E-state index contributed by atoms with van der Waals surface area (Å²) in [6.45, 7) is 6.53.